The predicted octanol–water partition coefficient (Wildman–Crippen LogP) is 1.81. The lowest BCUT2D eigenvalue weighted by Crippen LogP contribution is -2.24. The van der Waals surface area contributed by atoms with Gasteiger partial charge in [-0.15, -0.1) is 0 Å². The second-order valence-corrected chi connectivity index (χ2v) is 6.50. The number of nitrogens with one attached hydrogen (secondary N) is 1. The molecule has 0 saturated carbocycles. The topological polar surface area (TPSA) is 86.3 Å². The van der Waals surface area contributed by atoms with Gasteiger partial charge in [-0.25, -0.2) is 8.42 Å². The van der Waals surface area contributed by atoms with Crippen molar-refractivity contribution in [2.45, 2.75) is 11.8 Å². The molecule has 0 bridgehead atoms. The van der Waals surface area contributed by atoms with E-state index in [4.69, 9.17) is 11.6 Å². The summed E-state index contributed by atoms with van der Waals surface area (Å²) in [6.07, 6.45) is 0. The van der Waals surface area contributed by atoms with E-state index in [2.05, 4.69) is 4.72 Å². The normalized spacial score (nSPS) is 11.1. The fourth-order valence-corrected chi connectivity index (χ4v) is 3.02. The molecule has 2 rings (SSSR count). The predicted molar refractivity (Wildman–Crippen MR) is 77.8 cm³/mol. The molecule has 0 aliphatic carbocycles. The molecule has 0 aliphatic heterocycles. The van der Waals surface area contributed by atoms with Crippen LogP contribution in [-0.4, -0.2) is 14.4 Å². The number of carboxylic acids is 1. The van der Waals surface area contributed by atoms with Crippen molar-refractivity contribution in [1.82, 2.24) is 0 Å². The maximum Gasteiger partial charge on any atom is 0.261 e. The van der Waals surface area contributed by atoms with Crippen LogP contribution in [0.25, 0.3) is 0 Å². The Morgan fingerprint density at radius 1 is 1.19 bits per heavy atom. The number of hydrogen-bond donors (Lipinski definition) is 1. The molecule has 0 saturated heterocycles. The van der Waals surface area contributed by atoms with Gasteiger partial charge in [-0.3, -0.25) is 4.72 Å². The van der Waals surface area contributed by atoms with Gasteiger partial charge in [0, 0.05) is 10.6 Å². The van der Waals surface area contributed by atoms with Crippen LogP contribution >= 0.6 is 11.6 Å². The van der Waals surface area contributed by atoms with Crippen molar-refractivity contribution in [2.75, 3.05) is 4.72 Å². The van der Waals surface area contributed by atoms with Gasteiger partial charge in [0.2, 0.25) is 0 Å². The van der Waals surface area contributed by atoms with Crippen LogP contribution in [0.2, 0.25) is 5.02 Å². The summed E-state index contributed by atoms with van der Waals surface area (Å²) in [4.78, 5) is 10.8. The number of aryl methyl sites for hydroxylation is 1. The first-order valence-corrected chi connectivity index (χ1v) is 7.76. The zero-order chi connectivity index (χ0) is 15.6. The van der Waals surface area contributed by atoms with E-state index < -0.39 is 16.0 Å². The van der Waals surface area contributed by atoms with Crippen molar-refractivity contribution >= 4 is 33.3 Å². The molecule has 2 aromatic rings. The zero-order valence-electron chi connectivity index (χ0n) is 11.0. The second-order valence-electron chi connectivity index (χ2n) is 4.38. The third-order valence-electron chi connectivity index (χ3n) is 2.82. The highest BCUT2D eigenvalue weighted by Crippen LogP contribution is 2.21. The summed E-state index contributed by atoms with van der Waals surface area (Å²) in [6.45, 7) is 1.56. The van der Waals surface area contributed by atoms with Gasteiger partial charge in [0.25, 0.3) is 10.0 Å². The van der Waals surface area contributed by atoms with Crippen molar-refractivity contribution in [3.63, 3.8) is 0 Å². The summed E-state index contributed by atoms with van der Waals surface area (Å²) in [5.74, 6) is -1.42. The van der Waals surface area contributed by atoms with Gasteiger partial charge < -0.3 is 9.90 Å². The van der Waals surface area contributed by atoms with Crippen LogP contribution in [0.3, 0.4) is 0 Å². The molecule has 0 fully saturated rings. The minimum absolute atomic E-state index is 0.160. The summed E-state index contributed by atoms with van der Waals surface area (Å²) in [7, 11) is -3.90. The van der Waals surface area contributed by atoms with Crippen LogP contribution in [0, 0.1) is 6.92 Å². The highest BCUT2D eigenvalue weighted by molar-refractivity contribution is 7.92. The van der Waals surface area contributed by atoms with E-state index in [1.807, 2.05) is 0 Å². The van der Waals surface area contributed by atoms with Crippen LogP contribution < -0.4 is 9.83 Å². The second kappa shape index (κ2) is 5.75. The fraction of sp³-hybridized carbons (Fsp3) is 0.0714. The quantitative estimate of drug-likeness (QED) is 0.929. The maximum atomic E-state index is 12.2. The lowest BCUT2D eigenvalue weighted by Gasteiger charge is -2.12. The van der Waals surface area contributed by atoms with E-state index in [-0.39, 0.29) is 16.1 Å². The molecule has 0 aliphatic rings. The van der Waals surface area contributed by atoms with Crippen LogP contribution in [0.5, 0.6) is 0 Å². The Morgan fingerprint density at radius 3 is 2.52 bits per heavy atom. The molecule has 0 amide bonds. The summed E-state index contributed by atoms with van der Waals surface area (Å²) in [6, 6.07) is 10.0. The third-order valence-corrected chi connectivity index (χ3v) is 4.43. The standard InChI is InChI=1S/C14H12ClNO4S/c1-9-5-6-12(8-13(9)14(17)18)21(19,20)16-11-4-2-3-10(15)7-11/h2-8,16H,1H3,(H,17,18)/p-1. The molecular formula is C14H11ClNO4S-. The van der Waals surface area contributed by atoms with Crippen molar-refractivity contribution in [2.24, 2.45) is 0 Å². The van der Waals surface area contributed by atoms with E-state index in [9.17, 15) is 18.3 Å². The Labute approximate surface area is 127 Å². The van der Waals surface area contributed by atoms with Crippen molar-refractivity contribution in [3.05, 3.63) is 58.6 Å². The SMILES string of the molecule is Cc1ccc(S(=O)(=O)Nc2cccc(Cl)c2)cc1C(=O)[O-]. The van der Waals surface area contributed by atoms with Gasteiger partial charge in [0.05, 0.1) is 16.6 Å². The van der Waals surface area contributed by atoms with Gasteiger partial charge >= 0.3 is 0 Å². The molecule has 1 N–H and O–H groups in total. The highest BCUT2D eigenvalue weighted by atomic mass is 35.5. The lowest BCUT2D eigenvalue weighted by molar-refractivity contribution is -0.255. The number of halogens is 1. The molecule has 110 valence electrons. The van der Waals surface area contributed by atoms with Crippen LogP contribution in [0.1, 0.15) is 15.9 Å². The first-order chi connectivity index (χ1) is 9.79. The van der Waals surface area contributed by atoms with Gasteiger partial charge in [-0.05, 0) is 42.8 Å². The number of anilines is 1. The lowest BCUT2D eigenvalue weighted by atomic mass is 10.1. The molecule has 7 heteroatoms. The number of rotatable bonds is 4. The summed E-state index contributed by atoms with van der Waals surface area (Å²) < 4.78 is 26.8. The molecule has 5 nitrogen and oxygen atoms in total. The largest absolute Gasteiger partial charge is 0.545 e. The van der Waals surface area contributed by atoms with Crippen molar-refractivity contribution < 1.29 is 18.3 Å². The smallest absolute Gasteiger partial charge is 0.261 e. The highest BCUT2D eigenvalue weighted by Gasteiger charge is 2.16. The Balaban J connectivity index is 2.40. The fourth-order valence-electron chi connectivity index (χ4n) is 1.75. The molecule has 2 aromatic carbocycles. The monoisotopic (exact) mass is 324 g/mol. The number of sulfonamides is 1. The van der Waals surface area contributed by atoms with Gasteiger partial charge in [-0.2, -0.15) is 0 Å². The van der Waals surface area contributed by atoms with Gasteiger partial charge in [0.1, 0.15) is 0 Å². The Hall–Kier alpha value is -2.05. The minimum Gasteiger partial charge on any atom is -0.545 e. The molecule has 0 aromatic heterocycles. The molecule has 0 radical (unpaired) electrons. The van der Waals surface area contributed by atoms with E-state index in [0.29, 0.717) is 10.6 Å². The van der Waals surface area contributed by atoms with Crippen LogP contribution in [0.4, 0.5) is 5.69 Å². The Bertz CT molecular complexity index is 802. The first kappa shape index (κ1) is 15.3. The van der Waals surface area contributed by atoms with Crippen molar-refractivity contribution in [1.29, 1.82) is 0 Å². The summed E-state index contributed by atoms with van der Waals surface area (Å²) in [5, 5.41) is 11.3. The van der Waals surface area contributed by atoms with Crippen LogP contribution in [0.15, 0.2) is 47.4 Å². The van der Waals surface area contributed by atoms with Gasteiger partial charge in [-0.1, -0.05) is 23.7 Å². The Morgan fingerprint density at radius 2 is 1.90 bits per heavy atom. The minimum atomic E-state index is -3.90. The zero-order valence-corrected chi connectivity index (χ0v) is 12.5. The average Bonchev–Trinajstić information content (AvgIpc) is 2.38. The number of carbonyl (C=O) groups is 1. The van der Waals surface area contributed by atoms with E-state index >= 15 is 0 Å². The summed E-state index contributed by atoms with van der Waals surface area (Å²) >= 11 is 5.79. The Kier molecular flexibility index (Phi) is 4.20. The van der Waals surface area contributed by atoms with E-state index in [0.717, 1.165) is 6.07 Å². The molecular weight excluding hydrogens is 314 g/mol. The van der Waals surface area contributed by atoms with E-state index in [1.165, 1.54) is 24.3 Å². The first-order valence-electron chi connectivity index (χ1n) is 5.90. The van der Waals surface area contributed by atoms with Crippen LogP contribution in [-0.2, 0) is 10.0 Å². The third kappa shape index (κ3) is 3.53. The average molecular weight is 325 g/mol. The number of hydrogen-bond acceptors (Lipinski definition) is 4. The molecule has 0 atom stereocenters. The van der Waals surface area contributed by atoms with Crippen molar-refractivity contribution in [3.8, 4) is 0 Å². The van der Waals surface area contributed by atoms with Gasteiger partial charge in [0.15, 0.2) is 0 Å². The number of benzene rings is 2. The number of aromatic carboxylic acids is 1. The summed E-state index contributed by atoms with van der Waals surface area (Å²) in [5.41, 5.74) is 0.554. The molecule has 0 heterocycles. The maximum absolute atomic E-state index is 12.2. The number of carbonyl (C=O) groups excluding carboxylic acids is 1. The van der Waals surface area contributed by atoms with E-state index in [1.54, 1.807) is 19.1 Å². The molecule has 0 spiro atoms. The molecule has 21 heavy (non-hydrogen) atoms. The number of carboxylic acid groups (broad SMARTS) is 1. The molecule has 0 unspecified atom stereocenters.